The minimum absolute atomic E-state index is 0.159. The van der Waals surface area contributed by atoms with Gasteiger partial charge in [0.1, 0.15) is 5.78 Å². The fourth-order valence-electron chi connectivity index (χ4n) is 2.46. The molecule has 0 aromatic rings. The molecular weight excluding hydrogens is 320 g/mol. The molecule has 2 saturated carbocycles. The molecule has 5 heteroatoms. The van der Waals surface area contributed by atoms with E-state index < -0.39 is 5.79 Å². The molecule has 2 N–H and O–H groups in total. The fourth-order valence-corrected chi connectivity index (χ4v) is 2.46. The summed E-state index contributed by atoms with van der Waals surface area (Å²) in [5.41, 5.74) is 0. The number of ketones is 1. The Bertz CT molecular complexity index is 257. The molecule has 0 heterocycles. The van der Waals surface area contributed by atoms with Crippen LogP contribution in [0.3, 0.4) is 0 Å². The highest BCUT2D eigenvalue weighted by Gasteiger charge is 2.34. The number of aliphatic hydroxyl groups is 2. The molecule has 0 amide bonds. The third kappa shape index (κ3) is 14.4. The van der Waals surface area contributed by atoms with Crippen molar-refractivity contribution in [1.82, 2.24) is 0 Å². The molecule has 0 unspecified atom stereocenters. The van der Waals surface area contributed by atoms with Crippen LogP contribution >= 0.6 is 0 Å². The predicted molar refractivity (Wildman–Crippen MR) is 105 cm³/mol. The predicted octanol–water partition coefficient (Wildman–Crippen LogP) is 4.48. The molecular formula is C20H44O5. The third-order valence-electron chi connectivity index (χ3n) is 3.97. The van der Waals surface area contributed by atoms with Crippen molar-refractivity contribution in [3.63, 3.8) is 0 Å². The van der Waals surface area contributed by atoms with Gasteiger partial charge in [-0.2, -0.15) is 0 Å². The number of carbonyl (C=O) groups is 1. The molecule has 2 aliphatic carbocycles. The lowest BCUT2D eigenvalue weighted by atomic mass is 9.92. The standard InChI is InChI=1S/C8H16O3.C6H10O2.3C2H6/c1-10-8(11-2)5-3-7(9)4-6-8;7-5-1-2-6(8)4-3-5;3*1-2/h7,9H,3-6H2,1-2H3;5,7H,1-4H2;3*1-2H3. The molecule has 5 nitrogen and oxygen atoms in total. The zero-order chi connectivity index (χ0) is 20.3. The maximum Gasteiger partial charge on any atom is 0.167 e. The molecule has 0 bridgehead atoms. The van der Waals surface area contributed by atoms with Crippen molar-refractivity contribution < 1.29 is 24.5 Å². The Balaban J connectivity index is -0.000000305. The highest BCUT2D eigenvalue weighted by Crippen LogP contribution is 2.31. The smallest absolute Gasteiger partial charge is 0.167 e. The van der Waals surface area contributed by atoms with Gasteiger partial charge in [0.15, 0.2) is 5.79 Å². The topological polar surface area (TPSA) is 76.0 Å². The lowest BCUT2D eigenvalue weighted by Crippen LogP contribution is -2.39. The number of rotatable bonds is 2. The Morgan fingerprint density at radius 3 is 1.36 bits per heavy atom. The van der Waals surface area contributed by atoms with Crippen LogP contribution < -0.4 is 0 Å². The van der Waals surface area contributed by atoms with Crippen molar-refractivity contribution in [1.29, 1.82) is 0 Å². The highest BCUT2D eigenvalue weighted by atomic mass is 16.7. The van der Waals surface area contributed by atoms with Gasteiger partial charge in [0.25, 0.3) is 0 Å². The second-order valence-corrected chi connectivity index (χ2v) is 5.32. The first-order valence-corrected chi connectivity index (χ1v) is 9.99. The van der Waals surface area contributed by atoms with Crippen LogP contribution in [0.4, 0.5) is 0 Å². The van der Waals surface area contributed by atoms with E-state index in [0.717, 1.165) is 25.7 Å². The largest absolute Gasteiger partial charge is 0.393 e. The van der Waals surface area contributed by atoms with E-state index in [2.05, 4.69) is 0 Å². The average Bonchev–Trinajstić information content (AvgIpc) is 2.70. The lowest BCUT2D eigenvalue weighted by Gasteiger charge is -2.36. The molecule has 0 aliphatic heterocycles. The minimum atomic E-state index is -0.417. The first-order valence-electron chi connectivity index (χ1n) is 9.99. The number of hydrogen-bond donors (Lipinski definition) is 2. The summed E-state index contributed by atoms with van der Waals surface area (Å²) in [7, 11) is 3.31. The molecule has 0 radical (unpaired) electrons. The first-order chi connectivity index (χ1) is 12.0. The van der Waals surface area contributed by atoms with E-state index in [1.54, 1.807) is 14.2 Å². The van der Waals surface area contributed by atoms with Crippen molar-refractivity contribution in [2.24, 2.45) is 0 Å². The first kappa shape index (κ1) is 29.3. The summed E-state index contributed by atoms with van der Waals surface area (Å²) in [5.74, 6) is -0.116. The monoisotopic (exact) mass is 364 g/mol. The van der Waals surface area contributed by atoms with Crippen LogP contribution in [0, 0.1) is 0 Å². The summed E-state index contributed by atoms with van der Waals surface area (Å²) < 4.78 is 10.5. The average molecular weight is 365 g/mol. The Hall–Kier alpha value is -0.490. The van der Waals surface area contributed by atoms with Gasteiger partial charge >= 0.3 is 0 Å². The second-order valence-electron chi connectivity index (χ2n) is 5.32. The van der Waals surface area contributed by atoms with E-state index in [0.29, 0.717) is 31.5 Å². The van der Waals surface area contributed by atoms with E-state index in [9.17, 15) is 9.90 Å². The van der Waals surface area contributed by atoms with Gasteiger partial charge in [-0.3, -0.25) is 4.79 Å². The van der Waals surface area contributed by atoms with Crippen molar-refractivity contribution >= 4 is 5.78 Å². The van der Waals surface area contributed by atoms with Gasteiger partial charge in [-0.05, 0) is 25.7 Å². The molecule has 154 valence electrons. The van der Waals surface area contributed by atoms with E-state index in [-0.39, 0.29) is 12.2 Å². The van der Waals surface area contributed by atoms with E-state index in [1.807, 2.05) is 41.5 Å². The number of carbonyl (C=O) groups excluding carboxylic acids is 1. The van der Waals surface area contributed by atoms with Gasteiger partial charge in [0.05, 0.1) is 12.2 Å². The molecule has 25 heavy (non-hydrogen) atoms. The summed E-state index contributed by atoms with van der Waals surface area (Å²) in [6.45, 7) is 12.0. The summed E-state index contributed by atoms with van der Waals surface area (Å²) in [4.78, 5) is 10.5. The number of aliphatic hydroxyl groups excluding tert-OH is 2. The van der Waals surface area contributed by atoms with Gasteiger partial charge in [-0.15, -0.1) is 0 Å². The summed E-state index contributed by atoms with van der Waals surface area (Å²) >= 11 is 0. The Kier molecular flexibility index (Phi) is 23.2. The zero-order valence-corrected chi connectivity index (χ0v) is 17.9. The normalized spacial score (nSPS) is 19.5. The van der Waals surface area contributed by atoms with Crippen LogP contribution in [0.1, 0.15) is 92.9 Å². The van der Waals surface area contributed by atoms with Gasteiger partial charge < -0.3 is 19.7 Å². The SMILES string of the molecule is CC.CC.CC.COC1(OC)CCC(O)CC1.O=C1CCC(O)CC1. The maximum atomic E-state index is 10.5. The van der Waals surface area contributed by atoms with Gasteiger partial charge in [-0.1, -0.05) is 41.5 Å². The zero-order valence-electron chi connectivity index (χ0n) is 17.9. The molecule has 0 aromatic heterocycles. The number of ether oxygens (including phenoxy) is 2. The molecule has 0 spiro atoms. The minimum Gasteiger partial charge on any atom is -0.393 e. The lowest BCUT2D eigenvalue weighted by molar-refractivity contribution is -0.231. The van der Waals surface area contributed by atoms with Crippen molar-refractivity contribution in [2.45, 2.75) is 111 Å². The van der Waals surface area contributed by atoms with Crippen LogP contribution in [-0.2, 0) is 14.3 Å². The summed E-state index contributed by atoms with van der Waals surface area (Å²) in [6.07, 6.45) is 5.31. The van der Waals surface area contributed by atoms with Gasteiger partial charge in [0, 0.05) is 39.9 Å². The molecule has 2 fully saturated rings. The van der Waals surface area contributed by atoms with E-state index in [1.165, 1.54) is 0 Å². The van der Waals surface area contributed by atoms with Crippen LogP contribution in [0.25, 0.3) is 0 Å². The summed E-state index contributed by atoms with van der Waals surface area (Å²) in [5, 5.41) is 18.1. The Morgan fingerprint density at radius 2 is 1.08 bits per heavy atom. The Labute approximate surface area is 156 Å². The molecule has 0 saturated heterocycles. The van der Waals surface area contributed by atoms with Crippen LogP contribution in [0.15, 0.2) is 0 Å². The molecule has 2 rings (SSSR count). The molecule has 2 aliphatic rings. The van der Waals surface area contributed by atoms with Crippen LogP contribution in [-0.4, -0.2) is 48.2 Å². The van der Waals surface area contributed by atoms with E-state index in [4.69, 9.17) is 14.6 Å². The van der Waals surface area contributed by atoms with Gasteiger partial charge in [0.2, 0.25) is 0 Å². The van der Waals surface area contributed by atoms with Crippen molar-refractivity contribution in [3.05, 3.63) is 0 Å². The summed E-state index contributed by atoms with van der Waals surface area (Å²) in [6, 6.07) is 0. The van der Waals surface area contributed by atoms with Gasteiger partial charge in [-0.25, -0.2) is 0 Å². The second kappa shape index (κ2) is 19.8. The third-order valence-corrected chi connectivity index (χ3v) is 3.97. The van der Waals surface area contributed by atoms with Crippen molar-refractivity contribution in [3.8, 4) is 0 Å². The van der Waals surface area contributed by atoms with Crippen molar-refractivity contribution in [2.75, 3.05) is 14.2 Å². The number of Topliss-reactive ketones (excluding diaryl/α,β-unsaturated/α-hetero) is 1. The Morgan fingerprint density at radius 1 is 0.760 bits per heavy atom. The molecule has 0 aromatic carbocycles. The van der Waals surface area contributed by atoms with Crippen LogP contribution in [0.2, 0.25) is 0 Å². The highest BCUT2D eigenvalue weighted by molar-refractivity contribution is 5.79. The quantitative estimate of drug-likeness (QED) is 0.707. The number of methoxy groups -OCH3 is 2. The maximum absolute atomic E-state index is 10.5. The molecule has 0 atom stereocenters. The fraction of sp³-hybridized carbons (Fsp3) is 0.950. The number of hydrogen-bond acceptors (Lipinski definition) is 5. The van der Waals surface area contributed by atoms with E-state index >= 15 is 0 Å². The van der Waals surface area contributed by atoms with Crippen LogP contribution in [0.5, 0.6) is 0 Å².